The highest BCUT2D eigenvalue weighted by molar-refractivity contribution is 4.95. The third-order valence-corrected chi connectivity index (χ3v) is 6.35. The lowest BCUT2D eigenvalue weighted by Gasteiger charge is -2.50. The lowest BCUT2D eigenvalue weighted by molar-refractivity contribution is 0.0138. The van der Waals surface area contributed by atoms with E-state index in [1.807, 2.05) is 0 Å². The highest BCUT2D eigenvalue weighted by atomic mass is 14.7. The van der Waals surface area contributed by atoms with Crippen LogP contribution in [0.2, 0.25) is 0 Å². The van der Waals surface area contributed by atoms with Crippen LogP contribution in [0.25, 0.3) is 0 Å². The normalized spacial score (nSPS) is 45.2. The summed E-state index contributed by atoms with van der Waals surface area (Å²) in [5.41, 5.74) is 6.96. The summed E-state index contributed by atoms with van der Waals surface area (Å²) in [7, 11) is 0. The van der Waals surface area contributed by atoms with Crippen LogP contribution in [0.3, 0.4) is 0 Å². The minimum atomic E-state index is 0.433. The van der Waals surface area contributed by atoms with Crippen LogP contribution in [0, 0.1) is 35.0 Å². The quantitative estimate of drug-likeness (QED) is 0.759. The van der Waals surface area contributed by atoms with E-state index in [9.17, 15) is 0 Å². The Hall–Kier alpha value is -0.0400. The van der Waals surface area contributed by atoms with E-state index >= 15 is 0 Å². The molecular weight excluding hydrogens is 230 g/mol. The van der Waals surface area contributed by atoms with Gasteiger partial charge in [0.05, 0.1) is 0 Å². The van der Waals surface area contributed by atoms with Gasteiger partial charge in [-0.3, -0.25) is 0 Å². The zero-order chi connectivity index (χ0) is 14.2. The number of hydrogen-bond donors (Lipinski definition) is 1. The molecule has 5 unspecified atom stereocenters. The topological polar surface area (TPSA) is 26.0 Å². The SMILES string of the molecule is CC1CCC(C(C)(C)C2CC(C)CC(C)C2)C(N)C1. The van der Waals surface area contributed by atoms with Gasteiger partial charge in [0.2, 0.25) is 0 Å². The molecule has 0 amide bonds. The Morgan fingerprint density at radius 1 is 0.789 bits per heavy atom. The summed E-state index contributed by atoms with van der Waals surface area (Å²) in [6.45, 7) is 12.3. The maximum Gasteiger partial charge on any atom is 0.00749 e. The third kappa shape index (κ3) is 3.35. The monoisotopic (exact) mass is 265 g/mol. The van der Waals surface area contributed by atoms with Gasteiger partial charge in [-0.05, 0) is 67.1 Å². The molecule has 2 saturated carbocycles. The second-order valence-corrected chi connectivity index (χ2v) is 8.62. The van der Waals surface area contributed by atoms with Crippen LogP contribution >= 0.6 is 0 Å². The first kappa shape index (κ1) is 15.4. The van der Waals surface area contributed by atoms with Gasteiger partial charge in [-0.25, -0.2) is 0 Å². The Balaban J connectivity index is 2.08. The van der Waals surface area contributed by atoms with E-state index in [-0.39, 0.29) is 0 Å². The Bertz CT molecular complexity index is 286. The minimum absolute atomic E-state index is 0.433. The summed E-state index contributed by atoms with van der Waals surface area (Å²) in [4.78, 5) is 0. The molecular formula is C18H35N. The molecule has 2 N–H and O–H groups in total. The molecule has 0 aromatic heterocycles. The van der Waals surface area contributed by atoms with Crippen LogP contribution in [-0.4, -0.2) is 6.04 Å². The molecule has 0 aliphatic heterocycles. The van der Waals surface area contributed by atoms with Crippen LogP contribution in [0.4, 0.5) is 0 Å². The lowest BCUT2D eigenvalue weighted by atomic mass is 9.56. The van der Waals surface area contributed by atoms with Crippen molar-refractivity contribution in [3.8, 4) is 0 Å². The summed E-state index contributed by atoms with van der Waals surface area (Å²) in [5, 5.41) is 0. The summed E-state index contributed by atoms with van der Waals surface area (Å²) < 4.78 is 0. The summed E-state index contributed by atoms with van der Waals surface area (Å²) >= 11 is 0. The van der Waals surface area contributed by atoms with E-state index < -0.39 is 0 Å². The molecule has 0 aromatic carbocycles. The van der Waals surface area contributed by atoms with E-state index in [2.05, 4.69) is 34.6 Å². The van der Waals surface area contributed by atoms with Gasteiger partial charge >= 0.3 is 0 Å². The second kappa shape index (κ2) is 5.76. The Kier molecular flexibility index (Phi) is 4.65. The Labute approximate surface area is 120 Å². The summed E-state index contributed by atoms with van der Waals surface area (Å²) in [6.07, 6.45) is 8.27. The molecule has 0 spiro atoms. The summed E-state index contributed by atoms with van der Waals surface area (Å²) in [5.74, 6) is 4.28. The van der Waals surface area contributed by atoms with Gasteiger partial charge in [0.1, 0.15) is 0 Å². The molecule has 2 aliphatic carbocycles. The highest BCUT2D eigenvalue weighted by Crippen LogP contribution is 2.50. The number of rotatable bonds is 2. The van der Waals surface area contributed by atoms with Crippen molar-refractivity contribution in [3.63, 3.8) is 0 Å². The van der Waals surface area contributed by atoms with Crippen LogP contribution < -0.4 is 5.73 Å². The Morgan fingerprint density at radius 2 is 1.37 bits per heavy atom. The van der Waals surface area contributed by atoms with Gasteiger partial charge in [-0.15, -0.1) is 0 Å². The smallest absolute Gasteiger partial charge is 0.00749 e. The van der Waals surface area contributed by atoms with E-state index in [0.717, 1.165) is 29.6 Å². The van der Waals surface area contributed by atoms with Crippen molar-refractivity contribution in [1.82, 2.24) is 0 Å². The van der Waals surface area contributed by atoms with E-state index in [0.29, 0.717) is 11.5 Å². The third-order valence-electron chi connectivity index (χ3n) is 6.35. The van der Waals surface area contributed by atoms with Gasteiger partial charge in [0.25, 0.3) is 0 Å². The van der Waals surface area contributed by atoms with Crippen molar-refractivity contribution in [2.75, 3.05) is 0 Å². The molecule has 1 nitrogen and oxygen atoms in total. The first-order valence-corrected chi connectivity index (χ1v) is 8.56. The fourth-order valence-electron chi connectivity index (χ4n) is 5.21. The molecule has 1 heteroatoms. The van der Waals surface area contributed by atoms with Crippen LogP contribution in [-0.2, 0) is 0 Å². The maximum absolute atomic E-state index is 6.53. The molecule has 19 heavy (non-hydrogen) atoms. The summed E-state index contributed by atoms with van der Waals surface area (Å²) in [6, 6.07) is 0.436. The van der Waals surface area contributed by atoms with Gasteiger partial charge in [0, 0.05) is 6.04 Å². The predicted octanol–water partition coefficient (Wildman–Crippen LogP) is 4.85. The van der Waals surface area contributed by atoms with Crippen molar-refractivity contribution in [3.05, 3.63) is 0 Å². The molecule has 112 valence electrons. The van der Waals surface area contributed by atoms with E-state index in [1.54, 1.807) is 0 Å². The van der Waals surface area contributed by atoms with Gasteiger partial charge in [-0.1, -0.05) is 41.0 Å². The van der Waals surface area contributed by atoms with Crippen LogP contribution in [0.5, 0.6) is 0 Å². The highest BCUT2D eigenvalue weighted by Gasteiger charge is 2.43. The van der Waals surface area contributed by atoms with Crippen molar-refractivity contribution in [2.24, 2.45) is 40.7 Å². The number of nitrogens with two attached hydrogens (primary N) is 1. The molecule has 0 heterocycles. The maximum atomic E-state index is 6.53. The molecule has 0 radical (unpaired) electrons. The average Bonchev–Trinajstić information content (AvgIpc) is 2.26. The average molecular weight is 265 g/mol. The van der Waals surface area contributed by atoms with Gasteiger partial charge < -0.3 is 5.73 Å². The van der Waals surface area contributed by atoms with E-state index in [4.69, 9.17) is 5.73 Å². The second-order valence-electron chi connectivity index (χ2n) is 8.62. The van der Waals surface area contributed by atoms with Crippen molar-refractivity contribution in [1.29, 1.82) is 0 Å². The van der Waals surface area contributed by atoms with Crippen LogP contribution in [0.15, 0.2) is 0 Å². The zero-order valence-electron chi connectivity index (χ0n) is 13.8. The lowest BCUT2D eigenvalue weighted by Crippen LogP contribution is -2.48. The van der Waals surface area contributed by atoms with Crippen molar-refractivity contribution < 1.29 is 0 Å². The molecule has 0 bridgehead atoms. The first-order chi connectivity index (χ1) is 8.80. The fourth-order valence-corrected chi connectivity index (χ4v) is 5.21. The molecule has 2 aliphatic rings. The van der Waals surface area contributed by atoms with Crippen molar-refractivity contribution in [2.45, 2.75) is 79.2 Å². The van der Waals surface area contributed by atoms with Crippen molar-refractivity contribution >= 4 is 0 Å². The van der Waals surface area contributed by atoms with Gasteiger partial charge in [0.15, 0.2) is 0 Å². The number of hydrogen-bond acceptors (Lipinski definition) is 1. The predicted molar refractivity (Wildman–Crippen MR) is 83.9 cm³/mol. The molecule has 2 rings (SSSR count). The van der Waals surface area contributed by atoms with Crippen LogP contribution in [0.1, 0.15) is 73.1 Å². The largest absolute Gasteiger partial charge is 0.327 e. The molecule has 2 fully saturated rings. The van der Waals surface area contributed by atoms with E-state index in [1.165, 1.54) is 38.5 Å². The fraction of sp³-hybridized carbons (Fsp3) is 1.00. The van der Waals surface area contributed by atoms with Gasteiger partial charge in [-0.2, -0.15) is 0 Å². The first-order valence-electron chi connectivity index (χ1n) is 8.56. The molecule has 0 saturated heterocycles. The molecule has 5 atom stereocenters. The Morgan fingerprint density at radius 3 is 1.89 bits per heavy atom. The minimum Gasteiger partial charge on any atom is -0.327 e. The zero-order valence-corrected chi connectivity index (χ0v) is 13.8. The standard InChI is InChI=1S/C18H35N/c1-12-6-7-16(17(19)11-12)18(4,5)15-9-13(2)8-14(3)10-15/h12-17H,6-11,19H2,1-5H3. The molecule has 0 aromatic rings.